The predicted octanol–water partition coefficient (Wildman–Crippen LogP) is 2.05. The van der Waals surface area contributed by atoms with E-state index in [-0.39, 0.29) is 6.04 Å². The summed E-state index contributed by atoms with van der Waals surface area (Å²) in [7, 11) is 0. The molecule has 0 fully saturated rings. The number of hydrogen-bond acceptors (Lipinski definition) is 2. The van der Waals surface area contributed by atoms with E-state index in [1.165, 1.54) is 0 Å². The number of nitrogens with two attached hydrogens (primary N) is 1. The van der Waals surface area contributed by atoms with Crippen LogP contribution in [0.3, 0.4) is 0 Å². The van der Waals surface area contributed by atoms with Gasteiger partial charge in [-0.3, -0.25) is 4.98 Å². The molecule has 0 bridgehead atoms. The van der Waals surface area contributed by atoms with E-state index in [0.717, 1.165) is 24.1 Å². The van der Waals surface area contributed by atoms with Gasteiger partial charge >= 0.3 is 0 Å². The van der Waals surface area contributed by atoms with Gasteiger partial charge in [0.05, 0.1) is 0 Å². The molecule has 2 heteroatoms. The van der Waals surface area contributed by atoms with Crippen LogP contribution >= 0.6 is 0 Å². The Morgan fingerprint density at radius 3 is 2.67 bits per heavy atom. The fourth-order valence-corrected chi connectivity index (χ4v) is 1.11. The second-order valence-corrected chi connectivity index (χ2v) is 3.12. The van der Waals surface area contributed by atoms with E-state index in [0.29, 0.717) is 0 Å². The second kappa shape index (κ2) is 4.21. The van der Waals surface area contributed by atoms with Gasteiger partial charge in [0, 0.05) is 17.9 Å². The molecule has 0 aliphatic carbocycles. The van der Waals surface area contributed by atoms with Gasteiger partial charge in [-0.05, 0) is 25.0 Å². The molecule has 0 aliphatic rings. The SMILES string of the molecule is CCCc1ccc(C(C)N)cn1. The van der Waals surface area contributed by atoms with E-state index in [4.69, 9.17) is 5.73 Å². The molecule has 2 N–H and O–H groups in total. The lowest BCUT2D eigenvalue weighted by molar-refractivity contribution is 0.801. The van der Waals surface area contributed by atoms with Crippen molar-refractivity contribution in [3.05, 3.63) is 29.6 Å². The molecule has 0 radical (unpaired) electrons. The molecule has 1 atom stereocenters. The minimum absolute atomic E-state index is 0.0909. The first-order valence-corrected chi connectivity index (χ1v) is 4.44. The Kier molecular flexibility index (Phi) is 3.23. The van der Waals surface area contributed by atoms with Crippen LogP contribution in [0.4, 0.5) is 0 Å². The minimum Gasteiger partial charge on any atom is -0.324 e. The first-order chi connectivity index (χ1) is 5.74. The normalized spacial score (nSPS) is 12.9. The van der Waals surface area contributed by atoms with Gasteiger partial charge in [-0.15, -0.1) is 0 Å². The molecule has 1 aromatic heterocycles. The van der Waals surface area contributed by atoms with Gasteiger partial charge in [0.2, 0.25) is 0 Å². The maximum atomic E-state index is 5.70. The highest BCUT2D eigenvalue weighted by atomic mass is 14.7. The molecule has 0 aromatic carbocycles. The fourth-order valence-electron chi connectivity index (χ4n) is 1.11. The Morgan fingerprint density at radius 1 is 1.50 bits per heavy atom. The summed E-state index contributed by atoms with van der Waals surface area (Å²) in [6.45, 7) is 4.12. The molecule has 1 unspecified atom stereocenters. The van der Waals surface area contributed by atoms with E-state index in [1.54, 1.807) is 0 Å². The van der Waals surface area contributed by atoms with Crippen molar-refractivity contribution in [2.24, 2.45) is 5.73 Å². The number of hydrogen-bond donors (Lipinski definition) is 1. The molecular weight excluding hydrogens is 148 g/mol. The average Bonchev–Trinajstić information content (AvgIpc) is 2.06. The van der Waals surface area contributed by atoms with Crippen molar-refractivity contribution in [1.29, 1.82) is 0 Å². The smallest absolute Gasteiger partial charge is 0.0403 e. The van der Waals surface area contributed by atoms with E-state index in [9.17, 15) is 0 Å². The number of aromatic nitrogens is 1. The van der Waals surface area contributed by atoms with Crippen LogP contribution in [0.25, 0.3) is 0 Å². The Bertz CT molecular complexity index is 226. The summed E-state index contributed by atoms with van der Waals surface area (Å²) in [6.07, 6.45) is 4.07. The molecule has 2 nitrogen and oxygen atoms in total. The molecule has 0 saturated heterocycles. The van der Waals surface area contributed by atoms with Gasteiger partial charge in [-0.25, -0.2) is 0 Å². The number of aryl methyl sites for hydroxylation is 1. The lowest BCUT2D eigenvalue weighted by Gasteiger charge is -2.05. The Hall–Kier alpha value is -0.890. The van der Waals surface area contributed by atoms with E-state index >= 15 is 0 Å². The third-order valence-electron chi connectivity index (χ3n) is 1.88. The van der Waals surface area contributed by atoms with Gasteiger partial charge < -0.3 is 5.73 Å². The van der Waals surface area contributed by atoms with Crippen LogP contribution in [0.5, 0.6) is 0 Å². The van der Waals surface area contributed by atoms with Gasteiger partial charge in [0.15, 0.2) is 0 Å². The molecule has 0 amide bonds. The largest absolute Gasteiger partial charge is 0.324 e. The van der Waals surface area contributed by atoms with E-state index in [1.807, 2.05) is 13.1 Å². The molecule has 12 heavy (non-hydrogen) atoms. The highest BCUT2D eigenvalue weighted by molar-refractivity contribution is 5.16. The molecule has 66 valence electrons. The standard InChI is InChI=1S/C10H16N2/c1-3-4-10-6-5-9(7-12-10)8(2)11/h5-8H,3-4,11H2,1-2H3. The second-order valence-electron chi connectivity index (χ2n) is 3.12. The fraction of sp³-hybridized carbons (Fsp3) is 0.500. The van der Waals surface area contributed by atoms with Crippen LogP contribution in [0, 0.1) is 0 Å². The van der Waals surface area contributed by atoms with Crippen molar-refractivity contribution >= 4 is 0 Å². The van der Waals surface area contributed by atoms with Gasteiger partial charge in [-0.1, -0.05) is 19.4 Å². The Morgan fingerprint density at radius 2 is 2.25 bits per heavy atom. The summed E-state index contributed by atoms with van der Waals surface area (Å²) in [5, 5.41) is 0. The zero-order valence-corrected chi connectivity index (χ0v) is 7.75. The van der Waals surface area contributed by atoms with Crippen molar-refractivity contribution in [2.75, 3.05) is 0 Å². The molecule has 1 rings (SSSR count). The summed E-state index contributed by atoms with van der Waals surface area (Å²) in [4.78, 5) is 4.31. The van der Waals surface area contributed by atoms with Crippen molar-refractivity contribution in [3.8, 4) is 0 Å². The van der Waals surface area contributed by atoms with E-state index in [2.05, 4.69) is 24.0 Å². The molecule has 0 spiro atoms. The molecule has 1 aromatic rings. The lowest BCUT2D eigenvalue weighted by atomic mass is 10.1. The molecular formula is C10H16N2. The summed E-state index contributed by atoms with van der Waals surface area (Å²) >= 11 is 0. The predicted molar refractivity (Wildman–Crippen MR) is 50.8 cm³/mol. The molecule has 1 heterocycles. The van der Waals surface area contributed by atoms with Gasteiger partial charge in [0.1, 0.15) is 0 Å². The zero-order valence-electron chi connectivity index (χ0n) is 7.75. The molecule has 0 aliphatic heterocycles. The third kappa shape index (κ3) is 2.31. The number of rotatable bonds is 3. The summed E-state index contributed by atoms with van der Waals surface area (Å²) in [5.74, 6) is 0. The van der Waals surface area contributed by atoms with Crippen LogP contribution in [-0.2, 0) is 6.42 Å². The Labute approximate surface area is 73.8 Å². The highest BCUT2D eigenvalue weighted by Crippen LogP contribution is 2.08. The lowest BCUT2D eigenvalue weighted by Crippen LogP contribution is -2.05. The monoisotopic (exact) mass is 164 g/mol. The van der Waals surface area contributed by atoms with Crippen LogP contribution in [0.2, 0.25) is 0 Å². The maximum absolute atomic E-state index is 5.70. The first-order valence-electron chi connectivity index (χ1n) is 4.44. The van der Waals surface area contributed by atoms with Crippen molar-refractivity contribution in [2.45, 2.75) is 32.7 Å². The van der Waals surface area contributed by atoms with Gasteiger partial charge in [0.25, 0.3) is 0 Å². The van der Waals surface area contributed by atoms with Crippen LogP contribution in [0.15, 0.2) is 18.3 Å². The quantitative estimate of drug-likeness (QED) is 0.742. The Balaban J connectivity index is 2.71. The topological polar surface area (TPSA) is 38.9 Å². The number of pyridine rings is 1. The van der Waals surface area contributed by atoms with Crippen molar-refractivity contribution in [3.63, 3.8) is 0 Å². The summed E-state index contributed by atoms with van der Waals surface area (Å²) in [6, 6.07) is 4.21. The third-order valence-corrected chi connectivity index (χ3v) is 1.88. The summed E-state index contributed by atoms with van der Waals surface area (Å²) < 4.78 is 0. The van der Waals surface area contributed by atoms with Gasteiger partial charge in [-0.2, -0.15) is 0 Å². The number of nitrogens with zero attached hydrogens (tertiary/aromatic N) is 1. The minimum atomic E-state index is 0.0909. The van der Waals surface area contributed by atoms with Crippen LogP contribution in [-0.4, -0.2) is 4.98 Å². The first kappa shape index (κ1) is 9.20. The average molecular weight is 164 g/mol. The summed E-state index contributed by atoms with van der Waals surface area (Å²) in [5.41, 5.74) is 7.96. The van der Waals surface area contributed by atoms with E-state index < -0.39 is 0 Å². The molecule has 0 saturated carbocycles. The van der Waals surface area contributed by atoms with Crippen molar-refractivity contribution in [1.82, 2.24) is 4.98 Å². The van der Waals surface area contributed by atoms with Crippen LogP contribution in [0.1, 0.15) is 37.6 Å². The highest BCUT2D eigenvalue weighted by Gasteiger charge is 1.98. The van der Waals surface area contributed by atoms with Crippen LogP contribution < -0.4 is 5.73 Å². The zero-order chi connectivity index (χ0) is 8.97. The van der Waals surface area contributed by atoms with Crippen molar-refractivity contribution < 1.29 is 0 Å². The maximum Gasteiger partial charge on any atom is 0.0403 e.